The number of carbonyl (C=O) groups excluding carboxylic acids is 1. The van der Waals surface area contributed by atoms with Gasteiger partial charge < -0.3 is 21.1 Å². The maximum Gasteiger partial charge on any atom is 0.472 e. The topological polar surface area (TPSA) is 131 Å². The molecule has 0 heterocycles. The van der Waals surface area contributed by atoms with Crippen molar-refractivity contribution in [1.82, 2.24) is 5.32 Å². The largest absolute Gasteiger partial charge is 0.472 e. The van der Waals surface area contributed by atoms with Gasteiger partial charge >= 0.3 is 7.82 Å². The van der Waals surface area contributed by atoms with Crippen LogP contribution in [0.25, 0.3) is 0 Å². The summed E-state index contributed by atoms with van der Waals surface area (Å²) in [5.41, 5.74) is 5.42. The lowest BCUT2D eigenvalue weighted by Gasteiger charge is -2.25. The van der Waals surface area contributed by atoms with Crippen LogP contribution in [-0.2, 0) is 18.4 Å². The lowest BCUT2D eigenvalue weighted by atomic mass is 10.0. The average molecular weight is 1040 g/mol. The van der Waals surface area contributed by atoms with Crippen LogP contribution in [0.4, 0.5) is 0 Å². The lowest BCUT2D eigenvalue weighted by molar-refractivity contribution is -0.123. The number of hydrogen-bond acceptors (Lipinski definition) is 6. The van der Waals surface area contributed by atoms with Gasteiger partial charge in [-0.3, -0.25) is 13.8 Å². The second-order valence-electron chi connectivity index (χ2n) is 22.7. The highest BCUT2D eigenvalue weighted by molar-refractivity contribution is 7.47. The van der Waals surface area contributed by atoms with E-state index in [1.54, 1.807) is 0 Å². The number of unbranched alkanes of at least 4 members (excludes halogenated alkanes) is 51. The zero-order valence-corrected chi connectivity index (χ0v) is 49.6. The van der Waals surface area contributed by atoms with Crippen molar-refractivity contribution in [2.75, 3.05) is 19.8 Å². The second-order valence-corrected chi connectivity index (χ2v) is 24.2. The van der Waals surface area contributed by atoms with Crippen LogP contribution in [0.15, 0.2) is 0 Å². The number of phosphoric acid groups is 1. The summed E-state index contributed by atoms with van der Waals surface area (Å²) in [7, 11) is -4.32. The maximum atomic E-state index is 12.9. The molecule has 1 amide bonds. The van der Waals surface area contributed by atoms with Crippen LogP contribution in [0.3, 0.4) is 0 Å². The summed E-state index contributed by atoms with van der Waals surface area (Å²) in [6.07, 6.45) is 71.9. The van der Waals surface area contributed by atoms with Crippen molar-refractivity contribution < 1.29 is 28.4 Å². The molecule has 0 rings (SSSR count). The Kier molecular flexibility index (Phi) is 59.3. The molecule has 0 aromatic heterocycles. The zero-order valence-electron chi connectivity index (χ0n) is 48.7. The van der Waals surface area contributed by atoms with E-state index in [1.807, 2.05) is 0 Å². The molecule has 72 heavy (non-hydrogen) atoms. The molecule has 0 bridgehead atoms. The molecule has 0 aliphatic heterocycles. The van der Waals surface area contributed by atoms with Gasteiger partial charge in [0.2, 0.25) is 5.91 Å². The van der Waals surface area contributed by atoms with Gasteiger partial charge in [0.15, 0.2) is 0 Å². The number of amides is 1. The first-order valence-electron chi connectivity index (χ1n) is 32.7. The summed E-state index contributed by atoms with van der Waals surface area (Å²) in [5.74, 6) is -0.151. The van der Waals surface area contributed by atoms with Crippen LogP contribution in [-0.4, -0.2) is 47.8 Å². The third-order valence-electron chi connectivity index (χ3n) is 15.5. The Morgan fingerprint density at radius 3 is 0.889 bits per heavy atom. The summed E-state index contributed by atoms with van der Waals surface area (Å²) in [4.78, 5) is 23.0. The molecule has 0 aliphatic rings. The fourth-order valence-electron chi connectivity index (χ4n) is 10.6. The van der Waals surface area contributed by atoms with Crippen molar-refractivity contribution in [3.8, 4) is 0 Å². The Morgan fingerprint density at radius 1 is 0.403 bits per heavy atom. The molecule has 5 N–H and O–H groups in total. The molecule has 432 valence electrons. The third kappa shape index (κ3) is 57.2. The van der Waals surface area contributed by atoms with Gasteiger partial charge in [-0.25, -0.2) is 4.57 Å². The Morgan fingerprint density at radius 2 is 0.639 bits per heavy atom. The number of aliphatic hydroxyl groups is 1. The Hall–Kier alpha value is -0.500. The Bertz CT molecular complexity index is 1100. The molecule has 3 atom stereocenters. The predicted molar refractivity (Wildman–Crippen MR) is 314 cm³/mol. The molecule has 0 aliphatic carbocycles. The molecule has 1 unspecified atom stereocenters. The molecule has 0 aromatic rings. The average Bonchev–Trinajstić information content (AvgIpc) is 3.37. The number of phosphoric ester groups is 1. The van der Waals surface area contributed by atoms with E-state index in [1.165, 1.54) is 302 Å². The van der Waals surface area contributed by atoms with Crippen LogP contribution >= 0.6 is 7.82 Å². The van der Waals surface area contributed by atoms with Crippen molar-refractivity contribution in [2.45, 2.75) is 379 Å². The molecule has 0 spiro atoms. The van der Waals surface area contributed by atoms with Crippen molar-refractivity contribution >= 4 is 13.7 Å². The van der Waals surface area contributed by atoms with Crippen molar-refractivity contribution in [3.05, 3.63) is 0 Å². The standard InChI is InChI=1S/C63H129N2O6P/c1-3-5-7-9-11-13-15-17-19-21-22-23-24-25-26-27-28-29-30-31-32-33-34-35-36-37-38-39-41-43-45-47-49-51-53-55-57-63(67)65-61(60-71-72(68,69)70-59-58-64)62(66)56-54-52-50-48-46-44-42-40-20-18-16-14-12-10-8-6-4-2/h61-62,66H,3-60,64H2,1-2H3,(H,65,67)(H,68,69)/t61-,62+/m0/s1. The highest BCUT2D eigenvalue weighted by Gasteiger charge is 2.27. The number of carbonyl (C=O) groups is 1. The minimum absolute atomic E-state index is 0.0930. The minimum Gasteiger partial charge on any atom is -0.391 e. The van der Waals surface area contributed by atoms with E-state index in [9.17, 15) is 19.4 Å². The smallest absolute Gasteiger partial charge is 0.391 e. The van der Waals surface area contributed by atoms with Gasteiger partial charge in [0, 0.05) is 13.0 Å². The van der Waals surface area contributed by atoms with Crippen LogP contribution < -0.4 is 11.1 Å². The highest BCUT2D eigenvalue weighted by Crippen LogP contribution is 2.43. The van der Waals surface area contributed by atoms with Crippen molar-refractivity contribution in [1.29, 1.82) is 0 Å². The molecular weight excluding hydrogens is 912 g/mol. The SMILES string of the molecule is CCCCCCCCCCCCCCCCCCCCCCCCCCCCCCCCCCCCCCC(=O)N[C@@H](COP(=O)(O)OCCN)[C@H](O)CCCCCCCCCCCCCCCCCCC. The monoisotopic (exact) mass is 1040 g/mol. The quantitative estimate of drug-likeness (QED) is 0.0352. The third-order valence-corrected chi connectivity index (χ3v) is 16.4. The fraction of sp³-hybridized carbons (Fsp3) is 0.984. The van der Waals surface area contributed by atoms with Gasteiger partial charge in [0.05, 0.1) is 25.4 Å². The van der Waals surface area contributed by atoms with E-state index < -0.39 is 20.0 Å². The predicted octanol–water partition coefficient (Wildman–Crippen LogP) is 20.4. The van der Waals surface area contributed by atoms with Gasteiger partial charge in [-0.05, 0) is 12.8 Å². The molecule has 0 saturated heterocycles. The number of hydrogen-bond donors (Lipinski definition) is 4. The van der Waals surface area contributed by atoms with Crippen LogP contribution in [0.5, 0.6) is 0 Å². The van der Waals surface area contributed by atoms with Gasteiger partial charge in [0.25, 0.3) is 0 Å². The number of aliphatic hydroxyl groups excluding tert-OH is 1. The van der Waals surface area contributed by atoms with E-state index >= 15 is 0 Å². The summed E-state index contributed by atoms with van der Waals surface area (Å²) in [5, 5.41) is 13.9. The first kappa shape index (κ1) is 71.5. The van der Waals surface area contributed by atoms with Gasteiger partial charge in [-0.15, -0.1) is 0 Å². The lowest BCUT2D eigenvalue weighted by Crippen LogP contribution is -2.46. The zero-order chi connectivity index (χ0) is 52.4. The van der Waals surface area contributed by atoms with Crippen molar-refractivity contribution in [3.63, 3.8) is 0 Å². The Balaban J connectivity index is 3.74. The minimum atomic E-state index is -4.32. The molecule has 0 saturated carbocycles. The van der Waals surface area contributed by atoms with Crippen LogP contribution in [0.1, 0.15) is 367 Å². The van der Waals surface area contributed by atoms with E-state index in [-0.39, 0.29) is 25.7 Å². The van der Waals surface area contributed by atoms with Crippen molar-refractivity contribution in [2.24, 2.45) is 5.73 Å². The molecule has 0 aromatic carbocycles. The van der Waals surface area contributed by atoms with Gasteiger partial charge in [-0.1, -0.05) is 348 Å². The van der Waals surface area contributed by atoms with Crippen LogP contribution in [0.2, 0.25) is 0 Å². The molecule has 0 radical (unpaired) electrons. The molecule has 8 nitrogen and oxygen atoms in total. The first-order valence-corrected chi connectivity index (χ1v) is 34.1. The van der Waals surface area contributed by atoms with E-state index in [0.29, 0.717) is 12.8 Å². The van der Waals surface area contributed by atoms with E-state index in [2.05, 4.69) is 19.2 Å². The first-order chi connectivity index (χ1) is 35.4. The summed E-state index contributed by atoms with van der Waals surface area (Å²) in [6.45, 7) is 4.28. The molecule has 0 fully saturated rings. The summed E-state index contributed by atoms with van der Waals surface area (Å²) < 4.78 is 22.4. The second kappa shape index (κ2) is 59.7. The van der Waals surface area contributed by atoms with E-state index in [0.717, 1.165) is 38.5 Å². The van der Waals surface area contributed by atoms with Gasteiger partial charge in [-0.2, -0.15) is 0 Å². The van der Waals surface area contributed by atoms with Crippen LogP contribution in [0, 0.1) is 0 Å². The summed E-state index contributed by atoms with van der Waals surface area (Å²) >= 11 is 0. The Labute approximate surface area is 450 Å². The number of nitrogens with one attached hydrogen (secondary N) is 1. The number of rotatable bonds is 63. The summed E-state index contributed by atoms with van der Waals surface area (Å²) in [6, 6.07) is -0.770. The number of nitrogens with two attached hydrogens (primary N) is 1. The molecular formula is C63H129N2O6P. The fourth-order valence-corrected chi connectivity index (χ4v) is 11.3. The van der Waals surface area contributed by atoms with E-state index in [4.69, 9.17) is 14.8 Å². The molecule has 9 heteroatoms. The van der Waals surface area contributed by atoms with Gasteiger partial charge in [0.1, 0.15) is 0 Å². The maximum absolute atomic E-state index is 12.9. The normalized spacial score (nSPS) is 13.5. The highest BCUT2D eigenvalue weighted by atomic mass is 31.2.